The molecule has 1 aromatic rings. The van der Waals surface area contributed by atoms with E-state index in [1.807, 2.05) is 19.0 Å². The Morgan fingerprint density at radius 1 is 1.12 bits per heavy atom. The molecule has 1 aliphatic carbocycles. The fourth-order valence-electron chi connectivity index (χ4n) is 5.41. The van der Waals surface area contributed by atoms with Gasteiger partial charge in [-0.2, -0.15) is 0 Å². The lowest BCUT2D eigenvalue weighted by Crippen LogP contribution is -2.58. The lowest BCUT2D eigenvalue weighted by atomic mass is 9.88. The lowest BCUT2D eigenvalue weighted by molar-refractivity contribution is -0.202. The number of fused-ring (bicyclic) bond motifs is 1. The van der Waals surface area contributed by atoms with Crippen LogP contribution in [0.4, 0.5) is 0 Å². The molecular weight excluding hydrogens is 416 g/mol. The first-order chi connectivity index (χ1) is 16.0. The molecule has 2 heterocycles. The van der Waals surface area contributed by atoms with Gasteiger partial charge in [-0.3, -0.25) is 4.79 Å². The molecule has 3 aliphatic rings. The van der Waals surface area contributed by atoms with Gasteiger partial charge in [0.25, 0.3) is 0 Å². The highest BCUT2D eigenvalue weighted by Crippen LogP contribution is 2.33. The van der Waals surface area contributed by atoms with Gasteiger partial charge in [-0.15, -0.1) is 0 Å². The number of ether oxygens (including phenoxy) is 2. The van der Waals surface area contributed by atoms with Crippen molar-refractivity contribution in [1.82, 2.24) is 10.2 Å². The maximum atomic E-state index is 12.5. The van der Waals surface area contributed by atoms with E-state index in [2.05, 4.69) is 35.7 Å². The Kier molecular flexibility index (Phi) is 8.58. The fourth-order valence-corrected chi connectivity index (χ4v) is 5.41. The largest absolute Gasteiger partial charge is 0.394 e. The fraction of sp³-hybridized carbons (Fsp3) is 0.667. The second kappa shape index (κ2) is 11.6. The monoisotopic (exact) mass is 456 g/mol. The Morgan fingerprint density at radius 3 is 2.64 bits per heavy atom. The molecule has 2 fully saturated rings. The molecule has 6 nitrogen and oxygen atoms in total. The zero-order chi connectivity index (χ0) is 23.2. The second-order valence-corrected chi connectivity index (χ2v) is 10.1. The number of hydrogen-bond acceptors (Lipinski definition) is 5. The van der Waals surface area contributed by atoms with Crippen LogP contribution >= 0.6 is 0 Å². The van der Waals surface area contributed by atoms with Crippen LogP contribution < -0.4 is 5.32 Å². The molecule has 33 heavy (non-hydrogen) atoms. The number of amides is 1. The van der Waals surface area contributed by atoms with Crippen LogP contribution in [-0.2, 0) is 20.7 Å². The van der Waals surface area contributed by atoms with Gasteiger partial charge in [-0.1, -0.05) is 30.3 Å². The highest BCUT2D eigenvalue weighted by molar-refractivity contribution is 5.78. The summed E-state index contributed by atoms with van der Waals surface area (Å²) in [4.78, 5) is 14.4. The summed E-state index contributed by atoms with van der Waals surface area (Å²) in [6.45, 7) is 0.395. The number of nitrogens with zero attached hydrogens (tertiary/aromatic N) is 1. The Hall–Kier alpha value is -1.73. The van der Waals surface area contributed by atoms with Crippen molar-refractivity contribution in [2.75, 3.05) is 27.2 Å². The molecule has 1 aromatic carbocycles. The highest BCUT2D eigenvalue weighted by atomic mass is 16.6. The number of likely N-dealkylation sites (N-methyl/N-ethyl adjacent to an activating group) is 1. The molecule has 2 N–H and O–H groups in total. The van der Waals surface area contributed by atoms with E-state index in [9.17, 15) is 9.90 Å². The van der Waals surface area contributed by atoms with Gasteiger partial charge >= 0.3 is 0 Å². The first kappa shape index (κ1) is 24.4. The first-order valence-electron chi connectivity index (χ1n) is 12.7. The van der Waals surface area contributed by atoms with Gasteiger partial charge in [0.1, 0.15) is 0 Å². The second-order valence-electron chi connectivity index (χ2n) is 10.1. The molecule has 0 unspecified atom stereocenters. The van der Waals surface area contributed by atoms with E-state index in [0.717, 1.165) is 32.1 Å². The SMILES string of the molecule is CN(C)CC(=O)N[C@@H]1C[C@@H]2O[C@@H](CO)CC[C@@H]2O[C@@H]1CCc1ccc(C2=CCCCC2)cc1. The van der Waals surface area contributed by atoms with E-state index in [0.29, 0.717) is 6.54 Å². The van der Waals surface area contributed by atoms with Crippen LogP contribution in [0.2, 0.25) is 0 Å². The van der Waals surface area contributed by atoms with E-state index in [1.54, 1.807) is 0 Å². The van der Waals surface area contributed by atoms with E-state index in [1.165, 1.54) is 42.4 Å². The Morgan fingerprint density at radius 2 is 1.94 bits per heavy atom. The lowest BCUT2D eigenvalue weighted by Gasteiger charge is -2.45. The molecule has 4 rings (SSSR count). The van der Waals surface area contributed by atoms with Crippen LogP contribution in [-0.4, -0.2) is 73.6 Å². The quantitative estimate of drug-likeness (QED) is 0.628. The van der Waals surface area contributed by atoms with Gasteiger partial charge in [-0.25, -0.2) is 0 Å². The molecule has 0 spiro atoms. The average Bonchev–Trinajstić information content (AvgIpc) is 2.82. The number of benzene rings is 1. The Bertz CT molecular complexity index is 807. The number of aliphatic hydroxyl groups excluding tert-OH is 1. The number of allylic oxidation sites excluding steroid dienone is 2. The van der Waals surface area contributed by atoms with Gasteiger partial charge < -0.3 is 24.8 Å². The molecule has 2 aliphatic heterocycles. The minimum absolute atomic E-state index is 0.0108. The first-order valence-corrected chi connectivity index (χ1v) is 12.7. The third-order valence-electron chi connectivity index (χ3n) is 7.18. The summed E-state index contributed by atoms with van der Waals surface area (Å²) in [7, 11) is 3.79. The molecular formula is C27H40N2O4. The molecule has 1 amide bonds. The minimum Gasteiger partial charge on any atom is -0.394 e. The summed E-state index contributed by atoms with van der Waals surface area (Å²) >= 11 is 0. The van der Waals surface area contributed by atoms with Crippen molar-refractivity contribution in [3.05, 3.63) is 41.5 Å². The van der Waals surface area contributed by atoms with E-state index in [4.69, 9.17) is 9.47 Å². The third kappa shape index (κ3) is 6.66. The van der Waals surface area contributed by atoms with Crippen LogP contribution in [0, 0.1) is 0 Å². The van der Waals surface area contributed by atoms with Gasteiger partial charge in [-0.05, 0) is 88.6 Å². The predicted molar refractivity (Wildman–Crippen MR) is 130 cm³/mol. The van der Waals surface area contributed by atoms with Crippen molar-refractivity contribution in [1.29, 1.82) is 0 Å². The normalized spacial score (nSPS) is 29.9. The Balaban J connectivity index is 1.38. The third-order valence-corrected chi connectivity index (χ3v) is 7.18. The molecule has 6 heteroatoms. The van der Waals surface area contributed by atoms with Crippen molar-refractivity contribution >= 4 is 11.5 Å². The smallest absolute Gasteiger partial charge is 0.234 e. The van der Waals surface area contributed by atoms with Gasteiger partial charge in [0.2, 0.25) is 5.91 Å². The number of hydrogen-bond donors (Lipinski definition) is 2. The molecule has 182 valence electrons. The van der Waals surface area contributed by atoms with Crippen LogP contribution in [0.25, 0.3) is 5.57 Å². The highest BCUT2D eigenvalue weighted by Gasteiger charge is 2.42. The van der Waals surface area contributed by atoms with Crippen LogP contribution in [0.1, 0.15) is 62.5 Å². The van der Waals surface area contributed by atoms with Crippen LogP contribution in [0.3, 0.4) is 0 Å². The van der Waals surface area contributed by atoms with Gasteiger partial charge in [0.15, 0.2) is 0 Å². The van der Waals surface area contributed by atoms with Crippen molar-refractivity contribution in [3.63, 3.8) is 0 Å². The number of carbonyl (C=O) groups excluding carboxylic acids is 1. The average molecular weight is 457 g/mol. The number of aryl methyl sites for hydroxylation is 1. The van der Waals surface area contributed by atoms with Crippen LogP contribution in [0.5, 0.6) is 0 Å². The Labute approximate surface area is 198 Å². The zero-order valence-electron chi connectivity index (χ0n) is 20.2. The van der Waals surface area contributed by atoms with Gasteiger partial charge in [0.05, 0.1) is 43.6 Å². The summed E-state index contributed by atoms with van der Waals surface area (Å²) < 4.78 is 12.6. The summed E-state index contributed by atoms with van der Waals surface area (Å²) in [5.74, 6) is 0.0108. The molecule has 2 saturated heterocycles. The molecule has 5 atom stereocenters. The van der Waals surface area contributed by atoms with Crippen molar-refractivity contribution in [3.8, 4) is 0 Å². The summed E-state index contributed by atoms with van der Waals surface area (Å²) in [6.07, 6.45) is 11.4. The number of aliphatic hydroxyl groups is 1. The van der Waals surface area contributed by atoms with Crippen molar-refractivity contribution in [2.45, 2.75) is 88.2 Å². The molecule has 0 aromatic heterocycles. The van der Waals surface area contributed by atoms with Crippen LogP contribution in [0.15, 0.2) is 30.3 Å². The number of carbonyl (C=O) groups is 1. The summed E-state index contributed by atoms with van der Waals surface area (Å²) in [6, 6.07) is 8.91. The van der Waals surface area contributed by atoms with Gasteiger partial charge in [0, 0.05) is 0 Å². The minimum atomic E-state index is -0.123. The zero-order valence-corrected chi connectivity index (χ0v) is 20.2. The summed E-state index contributed by atoms with van der Waals surface area (Å²) in [5.41, 5.74) is 4.14. The standard InChI is InChI=1S/C27H40N2O4/c1-29(2)17-27(31)28-23-16-26-25(15-13-22(18-30)32-26)33-24(23)14-10-19-8-11-21(12-9-19)20-6-4-3-5-7-20/h6,8-9,11-12,22-26,30H,3-5,7,10,13-18H2,1-2H3,(H,28,31)/t22-,23-,24-,25+,26+/m1/s1. The number of rotatable bonds is 8. The van der Waals surface area contributed by atoms with E-state index < -0.39 is 0 Å². The molecule has 0 saturated carbocycles. The topological polar surface area (TPSA) is 71.0 Å². The maximum absolute atomic E-state index is 12.5. The van der Waals surface area contributed by atoms with Crippen molar-refractivity contribution < 1.29 is 19.4 Å². The summed E-state index contributed by atoms with van der Waals surface area (Å²) in [5, 5.41) is 12.7. The van der Waals surface area contributed by atoms with E-state index >= 15 is 0 Å². The predicted octanol–water partition coefficient (Wildman–Crippen LogP) is 3.32. The number of nitrogens with one attached hydrogen (secondary N) is 1. The maximum Gasteiger partial charge on any atom is 0.234 e. The molecule has 0 bridgehead atoms. The van der Waals surface area contributed by atoms with E-state index in [-0.39, 0.29) is 43.0 Å². The molecule has 0 radical (unpaired) electrons. The van der Waals surface area contributed by atoms with Crippen molar-refractivity contribution in [2.24, 2.45) is 0 Å².